The molecule has 0 spiro atoms. The van der Waals surface area contributed by atoms with Crippen molar-refractivity contribution in [3.63, 3.8) is 0 Å². The Kier molecular flexibility index (Phi) is 5.60. The molecule has 0 saturated heterocycles. The van der Waals surface area contributed by atoms with E-state index in [1.807, 2.05) is 0 Å². The van der Waals surface area contributed by atoms with E-state index in [0.717, 1.165) is 70.9 Å². The Morgan fingerprint density at radius 3 is 1.92 bits per heavy atom. The fourth-order valence-electron chi connectivity index (χ4n) is 9.02. The molecule has 2 aliphatic carbocycles. The average Bonchev–Trinajstić information content (AvgIpc) is 3.74. The lowest BCUT2D eigenvalue weighted by molar-refractivity contribution is 0.896. The first-order valence-electron chi connectivity index (χ1n) is 18.1. The number of fused-ring (bicyclic) bond motifs is 10. The number of benzene rings is 5. The van der Waals surface area contributed by atoms with Crippen LogP contribution >= 0.6 is 0 Å². The summed E-state index contributed by atoms with van der Waals surface area (Å²) < 4.78 is 4.84. The van der Waals surface area contributed by atoms with E-state index in [1.54, 1.807) is 0 Å². The molecule has 0 N–H and O–H groups in total. The molecule has 12 rings (SSSR count). The van der Waals surface area contributed by atoms with Crippen LogP contribution in [0, 0.1) is 0 Å². The number of hydrogen-bond donors (Lipinski definition) is 0. The van der Waals surface area contributed by atoms with Gasteiger partial charge in [0.25, 0.3) is 0 Å². The van der Waals surface area contributed by atoms with Crippen LogP contribution in [0.25, 0.3) is 55.4 Å². The maximum Gasteiger partial charge on any atom is 0.240 e. The predicted octanol–water partition coefficient (Wildman–Crippen LogP) is 10.9. The second-order valence-electron chi connectivity index (χ2n) is 13.9. The van der Waals surface area contributed by atoms with E-state index in [2.05, 4.69) is 158 Å². The molecular weight excluding hydrogens is 639 g/mol. The van der Waals surface area contributed by atoms with E-state index < -0.39 is 0 Å². The van der Waals surface area contributed by atoms with Crippen LogP contribution in [0.5, 0.6) is 0 Å². The Morgan fingerprint density at radius 1 is 0.500 bits per heavy atom. The molecular formula is C45H31N7. The van der Waals surface area contributed by atoms with E-state index in [-0.39, 0.29) is 0 Å². The summed E-state index contributed by atoms with van der Waals surface area (Å²) in [5.74, 6) is 1.93. The van der Waals surface area contributed by atoms with Gasteiger partial charge in [0, 0.05) is 16.2 Å². The van der Waals surface area contributed by atoms with Gasteiger partial charge in [-0.25, -0.2) is 0 Å². The molecule has 4 aliphatic rings. The topological polar surface area (TPSA) is 55.0 Å². The molecule has 5 heterocycles. The van der Waals surface area contributed by atoms with E-state index in [9.17, 15) is 0 Å². The third-order valence-corrected chi connectivity index (χ3v) is 11.1. The largest absolute Gasteiger partial charge is 0.305 e. The van der Waals surface area contributed by atoms with Gasteiger partial charge in [-0.3, -0.25) is 9.80 Å². The molecule has 246 valence electrons. The van der Waals surface area contributed by atoms with Crippen LogP contribution in [0.1, 0.15) is 36.3 Å². The first-order valence-corrected chi connectivity index (χ1v) is 18.1. The van der Waals surface area contributed by atoms with E-state index in [1.165, 1.54) is 38.4 Å². The number of nitrogens with zero attached hydrogens (tertiary/aromatic N) is 7. The zero-order valence-electron chi connectivity index (χ0n) is 28.2. The van der Waals surface area contributed by atoms with Crippen molar-refractivity contribution < 1.29 is 0 Å². The van der Waals surface area contributed by atoms with Crippen LogP contribution in [0.4, 0.5) is 29.0 Å². The molecule has 3 aromatic heterocycles. The Labute approximate surface area is 299 Å². The van der Waals surface area contributed by atoms with Crippen LogP contribution in [-0.2, 0) is 6.42 Å². The molecule has 0 atom stereocenters. The molecule has 7 heteroatoms. The summed E-state index contributed by atoms with van der Waals surface area (Å²) in [5.41, 5.74) is 13.8. The standard InChI is InChI=1S/C45H31N7/c1-2-14-28(15-3-1)43-46-44(51-37-24-10-8-22-35(37)49-33-20-6-4-16-29(33)31-18-12-26-39(51)41(31)49)48-45(47-43)52-38-25-11-9-23-36(38)50-34-21-7-5-17-30(34)32-19-13-27-40(52)42(32)50/h1-2,4-12,14,16-18,20-27H,3,13,15,19H2. The van der Waals surface area contributed by atoms with Gasteiger partial charge in [0.05, 0.1) is 56.4 Å². The lowest BCUT2D eigenvalue weighted by Crippen LogP contribution is -2.29. The minimum absolute atomic E-state index is 0.604. The predicted molar refractivity (Wildman–Crippen MR) is 210 cm³/mol. The molecule has 7 nitrogen and oxygen atoms in total. The molecule has 52 heavy (non-hydrogen) atoms. The van der Waals surface area contributed by atoms with Crippen molar-refractivity contribution in [3.05, 3.63) is 157 Å². The molecule has 8 aromatic rings. The molecule has 0 unspecified atom stereocenters. The summed E-state index contributed by atoms with van der Waals surface area (Å²) in [5, 5.41) is 3.75. The van der Waals surface area contributed by atoms with Crippen molar-refractivity contribution in [2.75, 3.05) is 9.80 Å². The van der Waals surface area contributed by atoms with Gasteiger partial charge in [-0.05, 0) is 79.3 Å². The monoisotopic (exact) mass is 669 g/mol. The third kappa shape index (κ3) is 3.66. The second-order valence-corrected chi connectivity index (χ2v) is 13.9. The van der Waals surface area contributed by atoms with Crippen molar-refractivity contribution in [2.24, 2.45) is 0 Å². The lowest BCUT2D eigenvalue weighted by Gasteiger charge is -2.36. The first kappa shape index (κ1) is 28.0. The Bertz CT molecular complexity index is 2940. The van der Waals surface area contributed by atoms with Crippen LogP contribution in [0.2, 0.25) is 0 Å². The van der Waals surface area contributed by atoms with Gasteiger partial charge in [0.1, 0.15) is 0 Å². The van der Waals surface area contributed by atoms with Crippen molar-refractivity contribution >= 4 is 72.9 Å². The van der Waals surface area contributed by atoms with Gasteiger partial charge in [-0.15, -0.1) is 0 Å². The van der Waals surface area contributed by atoms with Gasteiger partial charge in [0.2, 0.25) is 11.9 Å². The van der Waals surface area contributed by atoms with Crippen molar-refractivity contribution in [1.82, 2.24) is 24.1 Å². The smallest absolute Gasteiger partial charge is 0.240 e. The summed E-state index contributed by atoms with van der Waals surface area (Å²) in [7, 11) is 0. The molecule has 0 fully saturated rings. The highest BCUT2D eigenvalue weighted by Gasteiger charge is 2.37. The Morgan fingerprint density at radius 2 is 1.13 bits per heavy atom. The molecule has 0 saturated carbocycles. The molecule has 0 amide bonds. The summed E-state index contributed by atoms with van der Waals surface area (Å²) in [6, 6.07) is 41.3. The van der Waals surface area contributed by atoms with Gasteiger partial charge < -0.3 is 9.13 Å². The average molecular weight is 670 g/mol. The third-order valence-electron chi connectivity index (χ3n) is 11.1. The van der Waals surface area contributed by atoms with Crippen molar-refractivity contribution in [1.29, 1.82) is 0 Å². The van der Waals surface area contributed by atoms with Gasteiger partial charge in [-0.1, -0.05) is 97.1 Å². The van der Waals surface area contributed by atoms with Crippen molar-refractivity contribution in [2.45, 2.75) is 25.7 Å². The Balaban J connectivity index is 1.15. The number of allylic oxidation sites excluding steroid dienone is 5. The van der Waals surface area contributed by atoms with Crippen LogP contribution in [-0.4, -0.2) is 24.1 Å². The van der Waals surface area contributed by atoms with Gasteiger partial charge in [-0.2, -0.15) is 15.0 Å². The SMILES string of the molecule is C1=CCCC(c2nc(N3C4=CCCc5c4n(c4ccccc54)-c4ccccc43)nc(N3c4ccccc4-n4c5ccccc5c5cccc3c54)n2)=C1. The van der Waals surface area contributed by atoms with Crippen LogP contribution in [0.15, 0.2) is 140 Å². The number of para-hydroxylation sites is 7. The summed E-state index contributed by atoms with van der Waals surface area (Å²) in [6.45, 7) is 0. The minimum Gasteiger partial charge on any atom is -0.305 e. The zero-order valence-corrected chi connectivity index (χ0v) is 28.2. The highest BCUT2D eigenvalue weighted by molar-refractivity contribution is 6.16. The molecule has 0 radical (unpaired) electrons. The number of hydrogen-bond acceptors (Lipinski definition) is 5. The Hall–Kier alpha value is -6.73. The minimum atomic E-state index is 0.604. The quantitative estimate of drug-likeness (QED) is 0.187. The highest BCUT2D eigenvalue weighted by atomic mass is 15.4. The number of aryl methyl sites for hydroxylation is 1. The van der Waals surface area contributed by atoms with Crippen molar-refractivity contribution in [3.8, 4) is 11.4 Å². The fourth-order valence-corrected chi connectivity index (χ4v) is 9.02. The molecule has 5 aromatic carbocycles. The van der Waals surface area contributed by atoms with E-state index in [0.29, 0.717) is 17.7 Å². The zero-order chi connectivity index (χ0) is 33.9. The maximum atomic E-state index is 5.49. The summed E-state index contributed by atoms with van der Waals surface area (Å²) in [6.07, 6.45) is 12.6. The summed E-state index contributed by atoms with van der Waals surface area (Å²) in [4.78, 5) is 20.7. The van der Waals surface area contributed by atoms with Crippen LogP contribution < -0.4 is 9.80 Å². The van der Waals surface area contributed by atoms with Crippen LogP contribution in [0.3, 0.4) is 0 Å². The molecule has 0 bridgehead atoms. The molecule has 2 aliphatic heterocycles. The van der Waals surface area contributed by atoms with E-state index in [4.69, 9.17) is 15.0 Å². The van der Waals surface area contributed by atoms with E-state index >= 15 is 0 Å². The highest BCUT2D eigenvalue weighted by Crippen LogP contribution is 2.51. The fraction of sp³-hybridized carbons (Fsp3) is 0.0889. The number of aromatic nitrogens is 5. The maximum absolute atomic E-state index is 5.49. The number of anilines is 5. The lowest BCUT2D eigenvalue weighted by atomic mass is 9.96. The summed E-state index contributed by atoms with van der Waals surface area (Å²) >= 11 is 0. The number of rotatable bonds is 3. The van der Waals surface area contributed by atoms with Gasteiger partial charge in [0.15, 0.2) is 5.82 Å². The second kappa shape index (κ2) is 10.4. The normalized spacial score (nSPS) is 15.5. The first-order chi connectivity index (χ1) is 25.8. The van der Waals surface area contributed by atoms with Gasteiger partial charge >= 0.3 is 0 Å².